The van der Waals surface area contributed by atoms with Gasteiger partial charge in [0.25, 0.3) is 17.5 Å². The first-order chi connectivity index (χ1) is 12.9. The second-order valence-corrected chi connectivity index (χ2v) is 5.35. The van der Waals surface area contributed by atoms with Gasteiger partial charge in [-0.3, -0.25) is 30.6 Å². The topological polar surface area (TPSA) is 111 Å². The monoisotopic (exact) mass is 373 g/mol. The van der Waals surface area contributed by atoms with Gasteiger partial charge < -0.3 is 4.74 Å². The van der Waals surface area contributed by atoms with E-state index in [2.05, 4.69) is 10.9 Å². The molecule has 0 aromatic heterocycles. The first-order valence-corrected chi connectivity index (χ1v) is 7.80. The largest absolute Gasteiger partial charge is 0.478 e. The molecule has 0 fully saturated rings. The number of carbonyl (C=O) groups is 2. The van der Waals surface area contributed by atoms with Crippen molar-refractivity contribution < 1.29 is 23.6 Å². The number of amides is 2. The summed E-state index contributed by atoms with van der Waals surface area (Å²) in [5.41, 5.74) is 4.62. The second-order valence-electron chi connectivity index (χ2n) is 5.35. The molecular formula is C18H16FN3O5. The van der Waals surface area contributed by atoms with E-state index in [9.17, 15) is 24.1 Å². The molecule has 1 unspecified atom stereocenters. The van der Waals surface area contributed by atoms with Gasteiger partial charge in [0.2, 0.25) is 0 Å². The number of hydrazine groups is 1. The summed E-state index contributed by atoms with van der Waals surface area (Å²) in [5, 5.41) is 10.7. The van der Waals surface area contributed by atoms with Crippen molar-refractivity contribution in [1.82, 2.24) is 10.9 Å². The van der Waals surface area contributed by atoms with E-state index in [1.165, 1.54) is 49.4 Å². The van der Waals surface area contributed by atoms with Gasteiger partial charge in [0.1, 0.15) is 0 Å². The predicted octanol–water partition coefficient (Wildman–Crippen LogP) is 2.36. The van der Waals surface area contributed by atoms with E-state index < -0.39 is 28.7 Å². The third-order valence-corrected chi connectivity index (χ3v) is 3.33. The van der Waals surface area contributed by atoms with Crippen molar-refractivity contribution >= 4 is 23.6 Å². The van der Waals surface area contributed by atoms with Crippen LogP contribution in [0.2, 0.25) is 0 Å². The minimum absolute atomic E-state index is 0.0861. The first kappa shape index (κ1) is 19.6. The normalized spacial score (nSPS) is 11.6. The molecule has 1 atom stereocenters. The van der Waals surface area contributed by atoms with Gasteiger partial charge in [-0.2, -0.15) is 0 Å². The van der Waals surface area contributed by atoms with Crippen LogP contribution in [0.4, 0.5) is 10.1 Å². The number of halogens is 1. The number of hydrogen-bond donors (Lipinski definition) is 2. The van der Waals surface area contributed by atoms with Crippen LogP contribution >= 0.6 is 0 Å². The fraction of sp³-hybridized carbons (Fsp3) is 0.111. The third-order valence-electron chi connectivity index (χ3n) is 3.33. The molecule has 0 bridgehead atoms. The van der Waals surface area contributed by atoms with Gasteiger partial charge in [0, 0.05) is 18.2 Å². The molecule has 0 aliphatic carbocycles. The van der Waals surface area contributed by atoms with Gasteiger partial charge in [-0.1, -0.05) is 24.3 Å². The lowest BCUT2D eigenvalue weighted by molar-refractivity contribution is -0.384. The Kier molecular flexibility index (Phi) is 6.59. The van der Waals surface area contributed by atoms with Crippen LogP contribution in [0.3, 0.4) is 0 Å². The summed E-state index contributed by atoms with van der Waals surface area (Å²) >= 11 is 0. The summed E-state index contributed by atoms with van der Waals surface area (Å²) in [5.74, 6) is -2.04. The van der Waals surface area contributed by atoms with Crippen molar-refractivity contribution in [1.29, 1.82) is 0 Å². The highest BCUT2D eigenvalue weighted by molar-refractivity contribution is 5.93. The number of nitrogens with one attached hydrogen (secondary N) is 2. The van der Waals surface area contributed by atoms with Crippen molar-refractivity contribution in [2.24, 2.45) is 0 Å². The first-order valence-electron chi connectivity index (χ1n) is 7.80. The van der Waals surface area contributed by atoms with Crippen LogP contribution in [-0.4, -0.2) is 22.8 Å². The Morgan fingerprint density at radius 2 is 1.93 bits per heavy atom. The number of nitrogens with zero attached hydrogens (tertiary/aromatic N) is 1. The molecule has 2 amide bonds. The zero-order valence-electron chi connectivity index (χ0n) is 14.2. The third kappa shape index (κ3) is 5.92. The van der Waals surface area contributed by atoms with E-state index >= 15 is 0 Å². The number of nitro benzene ring substituents is 1. The molecule has 0 saturated carbocycles. The number of non-ortho nitro benzene ring substituents is 1. The van der Waals surface area contributed by atoms with Gasteiger partial charge >= 0.3 is 0 Å². The minimum Gasteiger partial charge on any atom is -0.478 e. The van der Waals surface area contributed by atoms with E-state index in [1.54, 1.807) is 12.1 Å². The predicted molar refractivity (Wildman–Crippen MR) is 94.9 cm³/mol. The Hall–Kier alpha value is -3.75. The molecule has 0 saturated heterocycles. The number of carbonyl (C=O) groups excluding carboxylic acids is 2. The maximum Gasteiger partial charge on any atom is 0.279 e. The standard InChI is InChI=1S/C18H16FN3O5/c1-12(27-16-8-3-2-7-15(16)19)18(24)21-20-17(23)10-9-13-5-4-6-14(11-13)22(25)26/h2-12H,1H3,(H,20,23)(H,21,24)/b10-9+. The zero-order chi connectivity index (χ0) is 19.8. The Morgan fingerprint density at radius 1 is 1.19 bits per heavy atom. The van der Waals surface area contributed by atoms with Gasteiger partial charge in [-0.25, -0.2) is 4.39 Å². The van der Waals surface area contributed by atoms with Crippen LogP contribution in [0.5, 0.6) is 5.75 Å². The fourth-order valence-electron chi connectivity index (χ4n) is 1.96. The van der Waals surface area contributed by atoms with Crippen molar-refractivity contribution in [2.45, 2.75) is 13.0 Å². The Balaban J connectivity index is 1.85. The number of rotatable bonds is 6. The van der Waals surface area contributed by atoms with E-state index in [1.807, 2.05) is 0 Å². The Morgan fingerprint density at radius 3 is 2.63 bits per heavy atom. The van der Waals surface area contributed by atoms with Crippen molar-refractivity contribution in [3.05, 3.63) is 76.1 Å². The molecule has 2 rings (SSSR count). The van der Waals surface area contributed by atoms with Gasteiger partial charge in [-0.15, -0.1) is 0 Å². The molecule has 2 aromatic rings. The number of nitro groups is 1. The molecule has 140 valence electrons. The highest BCUT2D eigenvalue weighted by Gasteiger charge is 2.16. The highest BCUT2D eigenvalue weighted by Crippen LogP contribution is 2.17. The van der Waals surface area contributed by atoms with Crippen LogP contribution in [0.15, 0.2) is 54.6 Å². The maximum absolute atomic E-state index is 13.5. The molecule has 8 nitrogen and oxygen atoms in total. The Labute approximate surface area is 153 Å². The van der Waals surface area contributed by atoms with Gasteiger partial charge in [0.15, 0.2) is 17.7 Å². The van der Waals surface area contributed by atoms with E-state index in [0.717, 1.165) is 6.08 Å². The number of para-hydroxylation sites is 1. The van der Waals surface area contributed by atoms with Crippen molar-refractivity contribution in [2.75, 3.05) is 0 Å². The lowest BCUT2D eigenvalue weighted by Crippen LogP contribution is -2.46. The average Bonchev–Trinajstić information content (AvgIpc) is 2.66. The molecule has 0 radical (unpaired) electrons. The van der Waals surface area contributed by atoms with Gasteiger partial charge in [0.05, 0.1) is 4.92 Å². The van der Waals surface area contributed by atoms with Crippen LogP contribution in [0.1, 0.15) is 12.5 Å². The van der Waals surface area contributed by atoms with Crippen LogP contribution in [0, 0.1) is 15.9 Å². The molecule has 2 N–H and O–H groups in total. The van der Waals surface area contributed by atoms with Crippen LogP contribution in [0.25, 0.3) is 6.08 Å². The lowest BCUT2D eigenvalue weighted by atomic mass is 10.2. The maximum atomic E-state index is 13.5. The molecule has 0 aliphatic rings. The summed E-state index contributed by atoms with van der Waals surface area (Å²) < 4.78 is 18.7. The summed E-state index contributed by atoms with van der Waals surface area (Å²) in [7, 11) is 0. The summed E-state index contributed by atoms with van der Waals surface area (Å²) in [6.45, 7) is 1.40. The quantitative estimate of drug-likeness (QED) is 0.459. The summed E-state index contributed by atoms with van der Waals surface area (Å²) in [4.78, 5) is 33.8. The fourth-order valence-corrected chi connectivity index (χ4v) is 1.96. The van der Waals surface area contributed by atoms with Crippen LogP contribution < -0.4 is 15.6 Å². The van der Waals surface area contributed by atoms with Crippen molar-refractivity contribution in [3.8, 4) is 5.75 Å². The van der Waals surface area contributed by atoms with E-state index in [4.69, 9.17) is 4.74 Å². The average molecular weight is 373 g/mol. The molecule has 0 spiro atoms. The molecule has 2 aromatic carbocycles. The highest BCUT2D eigenvalue weighted by atomic mass is 19.1. The number of benzene rings is 2. The van der Waals surface area contributed by atoms with E-state index in [0.29, 0.717) is 5.56 Å². The number of ether oxygens (including phenoxy) is 1. The SMILES string of the molecule is CC(Oc1ccccc1F)C(=O)NNC(=O)/C=C/c1cccc([N+](=O)[O-])c1. The molecule has 0 aliphatic heterocycles. The molecule has 0 heterocycles. The minimum atomic E-state index is -1.05. The molecule has 27 heavy (non-hydrogen) atoms. The van der Waals surface area contributed by atoms with Gasteiger partial charge in [-0.05, 0) is 30.7 Å². The summed E-state index contributed by atoms with van der Waals surface area (Å²) in [6, 6.07) is 11.3. The Bertz CT molecular complexity index is 885. The number of hydrogen-bond acceptors (Lipinski definition) is 5. The van der Waals surface area contributed by atoms with Crippen LogP contribution in [-0.2, 0) is 9.59 Å². The molecular weight excluding hydrogens is 357 g/mol. The van der Waals surface area contributed by atoms with E-state index in [-0.39, 0.29) is 11.4 Å². The molecule has 9 heteroatoms. The second kappa shape index (κ2) is 9.09. The summed E-state index contributed by atoms with van der Waals surface area (Å²) in [6.07, 6.45) is 1.40. The lowest BCUT2D eigenvalue weighted by Gasteiger charge is -2.15. The smallest absolute Gasteiger partial charge is 0.279 e. The van der Waals surface area contributed by atoms with Crippen molar-refractivity contribution in [3.63, 3.8) is 0 Å². The zero-order valence-corrected chi connectivity index (χ0v) is 14.2.